The number of pyridine rings is 1. The molecule has 0 atom stereocenters. The van der Waals surface area contributed by atoms with Crippen molar-refractivity contribution in [1.29, 1.82) is 10.8 Å². The highest BCUT2D eigenvalue weighted by Gasteiger charge is 2.30. The quantitative estimate of drug-likeness (QED) is 0.196. The lowest BCUT2D eigenvalue weighted by atomic mass is 10.1. The largest absolute Gasteiger partial charge is 0.321 e. The number of aromatic nitrogens is 1. The molecule has 2 aliphatic carbocycles. The van der Waals surface area contributed by atoms with Gasteiger partial charge in [-0.1, -0.05) is 24.3 Å². The van der Waals surface area contributed by atoms with Gasteiger partial charge in [-0.15, -0.1) is 0 Å². The first-order valence-corrected chi connectivity index (χ1v) is 12.2. The van der Waals surface area contributed by atoms with Gasteiger partial charge in [-0.25, -0.2) is 0 Å². The Morgan fingerprint density at radius 3 is 2.53 bits per heavy atom. The van der Waals surface area contributed by atoms with Crippen LogP contribution in [-0.2, 0) is 0 Å². The summed E-state index contributed by atoms with van der Waals surface area (Å²) in [6, 6.07) is 20.0. The average Bonchev–Trinajstić information content (AvgIpc) is 3.79. The van der Waals surface area contributed by atoms with Crippen LogP contribution in [0.5, 0.6) is 0 Å². The fraction of sp³-hybridized carbons (Fsp3) is 0.231. The van der Waals surface area contributed by atoms with Gasteiger partial charge in [-0.2, -0.15) is 0 Å². The van der Waals surface area contributed by atoms with Crippen LogP contribution in [0.3, 0.4) is 0 Å². The standard InChI is InChI=1S/C26H26N6OS/c27-16-32(22-8-9-22)25(28)19-2-1-3-21(14-19)30-26(33)24-15-18(12-13-29-24)17-4-10-23(11-5-17)34-31-20-6-7-20/h1-5,10-16,20,22,27-28,31H,6-9H2,(H,30,33). The molecule has 34 heavy (non-hydrogen) atoms. The maximum atomic E-state index is 12.9. The van der Waals surface area contributed by atoms with Gasteiger partial charge in [0, 0.05) is 34.4 Å². The Hall–Kier alpha value is -3.49. The topological polar surface area (TPSA) is 105 Å². The first-order chi connectivity index (χ1) is 16.6. The zero-order valence-corrected chi connectivity index (χ0v) is 19.4. The zero-order valence-electron chi connectivity index (χ0n) is 18.6. The van der Waals surface area contributed by atoms with E-state index in [1.54, 1.807) is 47.3 Å². The molecule has 7 nitrogen and oxygen atoms in total. The highest BCUT2D eigenvalue weighted by molar-refractivity contribution is 7.97. The molecule has 8 heteroatoms. The van der Waals surface area contributed by atoms with Gasteiger partial charge in [-0.05, 0) is 85.2 Å². The Labute approximate surface area is 203 Å². The molecule has 1 aromatic heterocycles. The maximum absolute atomic E-state index is 12.9. The van der Waals surface area contributed by atoms with E-state index in [2.05, 4.69) is 39.3 Å². The summed E-state index contributed by atoms with van der Waals surface area (Å²) in [5.74, 6) is -0.0416. The van der Waals surface area contributed by atoms with Crippen molar-refractivity contribution in [3.8, 4) is 11.1 Å². The summed E-state index contributed by atoms with van der Waals surface area (Å²) in [6.45, 7) is 0. The van der Waals surface area contributed by atoms with Crippen molar-refractivity contribution in [3.63, 3.8) is 0 Å². The molecule has 0 unspecified atom stereocenters. The molecule has 2 aromatic carbocycles. The van der Waals surface area contributed by atoms with Crippen LogP contribution in [0.2, 0.25) is 0 Å². The molecule has 2 fully saturated rings. The number of anilines is 1. The molecule has 3 aromatic rings. The van der Waals surface area contributed by atoms with Crippen LogP contribution in [0.1, 0.15) is 41.7 Å². The minimum Gasteiger partial charge on any atom is -0.321 e. The van der Waals surface area contributed by atoms with Gasteiger partial charge < -0.3 is 10.2 Å². The number of carbonyl (C=O) groups is 1. The van der Waals surface area contributed by atoms with E-state index >= 15 is 0 Å². The number of nitrogens with zero attached hydrogens (tertiary/aromatic N) is 2. The third-order valence-electron chi connectivity index (χ3n) is 5.83. The van der Waals surface area contributed by atoms with E-state index in [4.69, 9.17) is 10.8 Å². The van der Waals surface area contributed by atoms with Crippen molar-refractivity contribution in [2.45, 2.75) is 42.7 Å². The van der Waals surface area contributed by atoms with Gasteiger partial charge >= 0.3 is 0 Å². The molecule has 0 bridgehead atoms. The molecule has 172 valence electrons. The van der Waals surface area contributed by atoms with Gasteiger partial charge in [-0.3, -0.25) is 25.3 Å². The summed E-state index contributed by atoms with van der Waals surface area (Å²) in [6.07, 6.45) is 7.34. The number of nitrogens with one attached hydrogen (secondary N) is 4. The number of hydrogen-bond donors (Lipinski definition) is 4. The minimum atomic E-state index is -0.308. The Kier molecular flexibility index (Phi) is 6.42. The molecule has 0 spiro atoms. The van der Waals surface area contributed by atoms with Crippen LogP contribution < -0.4 is 10.0 Å². The minimum absolute atomic E-state index is 0.234. The van der Waals surface area contributed by atoms with Gasteiger partial charge in [0.1, 0.15) is 11.5 Å². The average molecular weight is 471 g/mol. The lowest BCUT2D eigenvalue weighted by molar-refractivity contribution is 0.102. The summed E-state index contributed by atoms with van der Waals surface area (Å²) < 4.78 is 3.43. The van der Waals surface area contributed by atoms with Crippen LogP contribution in [0.25, 0.3) is 11.1 Å². The van der Waals surface area contributed by atoms with E-state index < -0.39 is 0 Å². The van der Waals surface area contributed by atoms with Gasteiger partial charge in [0.25, 0.3) is 5.91 Å². The van der Waals surface area contributed by atoms with Crippen LogP contribution in [-0.4, -0.2) is 40.0 Å². The number of amidine groups is 1. The second-order valence-corrected chi connectivity index (χ2v) is 9.51. The fourth-order valence-electron chi connectivity index (χ4n) is 3.60. The van der Waals surface area contributed by atoms with E-state index in [-0.39, 0.29) is 17.8 Å². The zero-order chi connectivity index (χ0) is 23.5. The van der Waals surface area contributed by atoms with Gasteiger partial charge in [0.05, 0.1) is 6.34 Å². The summed E-state index contributed by atoms with van der Waals surface area (Å²) in [4.78, 5) is 20.0. The van der Waals surface area contributed by atoms with Crippen LogP contribution in [0.15, 0.2) is 71.8 Å². The summed E-state index contributed by atoms with van der Waals surface area (Å²) in [7, 11) is 0. The summed E-state index contributed by atoms with van der Waals surface area (Å²) in [5.41, 5.74) is 3.52. The van der Waals surface area contributed by atoms with Crippen LogP contribution >= 0.6 is 11.9 Å². The molecule has 0 saturated heterocycles. The molecule has 5 rings (SSSR count). The van der Waals surface area contributed by atoms with Crippen molar-refractivity contribution in [2.75, 3.05) is 5.32 Å². The number of carbonyl (C=O) groups excluding carboxylic acids is 1. The number of hydrogen-bond acceptors (Lipinski definition) is 6. The molecule has 1 amide bonds. The van der Waals surface area contributed by atoms with E-state index in [9.17, 15) is 4.79 Å². The Balaban J connectivity index is 1.27. The molecule has 0 radical (unpaired) electrons. The summed E-state index contributed by atoms with van der Waals surface area (Å²) in [5, 5.41) is 18.9. The Bertz CT molecular complexity index is 1220. The van der Waals surface area contributed by atoms with Gasteiger partial charge in [0.2, 0.25) is 0 Å². The molecule has 1 heterocycles. The number of rotatable bonds is 9. The van der Waals surface area contributed by atoms with Crippen LogP contribution in [0.4, 0.5) is 5.69 Å². The fourth-order valence-corrected chi connectivity index (χ4v) is 4.41. The van der Waals surface area contributed by atoms with E-state index in [0.29, 0.717) is 23.0 Å². The van der Waals surface area contributed by atoms with Crippen molar-refractivity contribution in [1.82, 2.24) is 14.6 Å². The number of benzene rings is 2. The third-order valence-corrected chi connectivity index (χ3v) is 6.79. The predicted octanol–water partition coefficient (Wildman–Crippen LogP) is 5.16. The smallest absolute Gasteiger partial charge is 0.274 e. The highest BCUT2D eigenvalue weighted by Crippen LogP contribution is 2.28. The predicted molar refractivity (Wildman–Crippen MR) is 137 cm³/mol. The van der Waals surface area contributed by atoms with E-state index in [1.165, 1.54) is 19.2 Å². The lowest BCUT2D eigenvalue weighted by Crippen LogP contribution is -2.31. The molecule has 4 N–H and O–H groups in total. The Morgan fingerprint density at radius 2 is 1.82 bits per heavy atom. The second-order valence-electron chi connectivity index (χ2n) is 8.60. The second kappa shape index (κ2) is 9.79. The van der Waals surface area contributed by atoms with E-state index in [1.807, 2.05) is 12.1 Å². The van der Waals surface area contributed by atoms with Gasteiger partial charge in [0.15, 0.2) is 0 Å². The van der Waals surface area contributed by atoms with Crippen molar-refractivity contribution < 1.29 is 4.79 Å². The Morgan fingerprint density at radius 1 is 1.03 bits per heavy atom. The monoisotopic (exact) mass is 470 g/mol. The third kappa shape index (κ3) is 5.35. The number of amides is 1. The SMILES string of the molecule is N=CN(C(=N)c1cccc(NC(=O)c2cc(-c3ccc(SNC4CC4)cc3)ccn2)c1)C1CC1. The maximum Gasteiger partial charge on any atom is 0.274 e. The highest BCUT2D eigenvalue weighted by atomic mass is 32.2. The first-order valence-electron chi connectivity index (χ1n) is 11.4. The van der Waals surface area contributed by atoms with Crippen molar-refractivity contribution >= 4 is 35.7 Å². The van der Waals surface area contributed by atoms with Crippen LogP contribution in [0, 0.1) is 10.8 Å². The molecular formula is C26H26N6OS. The summed E-state index contributed by atoms with van der Waals surface area (Å²) >= 11 is 1.66. The molecule has 2 saturated carbocycles. The molecule has 0 aliphatic heterocycles. The van der Waals surface area contributed by atoms with E-state index in [0.717, 1.165) is 28.9 Å². The van der Waals surface area contributed by atoms with Crippen molar-refractivity contribution in [3.05, 3.63) is 78.1 Å². The molecular weight excluding hydrogens is 444 g/mol. The molecule has 2 aliphatic rings. The van der Waals surface area contributed by atoms with Crippen molar-refractivity contribution in [2.24, 2.45) is 0 Å². The normalized spacial score (nSPS) is 14.9. The first kappa shape index (κ1) is 22.3. The lowest BCUT2D eigenvalue weighted by Gasteiger charge is -2.19.